The van der Waals surface area contributed by atoms with Crippen molar-refractivity contribution in [1.82, 2.24) is 20.0 Å². The lowest BCUT2D eigenvalue weighted by molar-refractivity contribution is 0.282. The number of aromatic nitrogens is 4. The quantitative estimate of drug-likeness (QED) is 0.604. The van der Waals surface area contributed by atoms with Crippen molar-refractivity contribution in [2.45, 2.75) is 64.3 Å². The van der Waals surface area contributed by atoms with Crippen molar-refractivity contribution >= 4 is 0 Å². The van der Waals surface area contributed by atoms with E-state index in [0.29, 0.717) is 6.61 Å². The standard InChI is InChI=1S/C18H28N4O/c23-15-11-7-5-3-1-2-4-6-10-14-22-16-18(20-21-22)17-12-8-9-13-19-17/h8-9,12-13,16,23H,1-7,10-11,14-15H2. The van der Waals surface area contributed by atoms with Crippen molar-refractivity contribution in [2.24, 2.45) is 0 Å². The Labute approximate surface area is 138 Å². The molecule has 0 aliphatic rings. The molecule has 2 rings (SSSR count). The number of aliphatic hydroxyl groups is 1. The summed E-state index contributed by atoms with van der Waals surface area (Å²) < 4.78 is 1.92. The topological polar surface area (TPSA) is 63.8 Å². The van der Waals surface area contributed by atoms with Crippen LogP contribution in [0.4, 0.5) is 0 Å². The molecule has 0 saturated heterocycles. The summed E-state index contributed by atoms with van der Waals surface area (Å²) in [6, 6.07) is 5.82. The third-order valence-electron chi connectivity index (χ3n) is 4.01. The smallest absolute Gasteiger partial charge is 0.131 e. The zero-order valence-electron chi connectivity index (χ0n) is 13.9. The van der Waals surface area contributed by atoms with Crippen molar-refractivity contribution in [3.63, 3.8) is 0 Å². The minimum absolute atomic E-state index is 0.338. The molecule has 0 atom stereocenters. The second-order valence-electron chi connectivity index (χ2n) is 5.99. The Hall–Kier alpha value is -1.75. The number of rotatable bonds is 12. The van der Waals surface area contributed by atoms with E-state index in [1.165, 1.54) is 44.9 Å². The Kier molecular flexibility index (Phi) is 8.33. The van der Waals surface area contributed by atoms with Gasteiger partial charge in [-0.3, -0.25) is 9.67 Å². The van der Waals surface area contributed by atoms with Crippen molar-refractivity contribution in [3.8, 4) is 11.4 Å². The van der Waals surface area contributed by atoms with Crippen LogP contribution >= 0.6 is 0 Å². The van der Waals surface area contributed by atoms with Crippen LogP contribution in [0.25, 0.3) is 11.4 Å². The van der Waals surface area contributed by atoms with Gasteiger partial charge in [-0.05, 0) is 25.0 Å². The molecule has 0 aliphatic carbocycles. The summed E-state index contributed by atoms with van der Waals surface area (Å²) >= 11 is 0. The van der Waals surface area contributed by atoms with Gasteiger partial charge in [0, 0.05) is 19.3 Å². The van der Waals surface area contributed by atoms with Crippen molar-refractivity contribution < 1.29 is 5.11 Å². The van der Waals surface area contributed by atoms with Gasteiger partial charge in [0.15, 0.2) is 0 Å². The van der Waals surface area contributed by atoms with Crippen molar-refractivity contribution in [3.05, 3.63) is 30.6 Å². The molecule has 0 spiro atoms. The third kappa shape index (κ3) is 6.91. The summed E-state index contributed by atoms with van der Waals surface area (Å²) in [5, 5.41) is 17.1. The predicted molar refractivity (Wildman–Crippen MR) is 91.9 cm³/mol. The monoisotopic (exact) mass is 316 g/mol. The summed E-state index contributed by atoms with van der Waals surface area (Å²) in [6.07, 6.45) is 14.8. The van der Waals surface area contributed by atoms with Crippen molar-refractivity contribution in [2.75, 3.05) is 6.61 Å². The van der Waals surface area contributed by atoms with Gasteiger partial charge in [0.2, 0.25) is 0 Å². The van der Waals surface area contributed by atoms with Crippen LogP contribution in [0, 0.1) is 0 Å². The van der Waals surface area contributed by atoms with Crippen LogP contribution in [0.2, 0.25) is 0 Å². The molecule has 1 N–H and O–H groups in total. The first kappa shape index (κ1) is 17.6. The van der Waals surface area contributed by atoms with Crippen LogP contribution in [0.15, 0.2) is 30.6 Å². The molecule has 5 nitrogen and oxygen atoms in total. The van der Waals surface area contributed by atoms with Crippen LogP contribution in [0.1, 0.15) is 57.8 Å². The number of nitrogens with zero attached hydrogens (tertiary/aromatic N) is 4. The number of pyridine rings is 1. The molecule has 0 fully saturated rings. The lowest BCUT2D eigenvalue weighted by atomic mass is 10.1. The largest absolute Gasteiger partial charge is 0.396 e. The summed E-state index contributed by atoms with van der Waals surface area (Å²) in [5.41, 5.74) is 1.72. The van der Waals surface area contributed by atoms with Crippen molar-refractivity contribution in [1.29, 1.82) is 0 Å². The predicted octanol–water partition coefficient (Wildman–Crippen LogP) is 3.84. The number of aryl methyl sites for hydroxylation is 1. The van der Waals surface area contributed by atoms with Gasteiger partial charge in [0.25, 0.3) is 0 Å². The van der Waals surface area contributed by atoms with Gasteiger partial charge in [-0.2, -0.15) is 0 Å². The van der Waals surface area contributed by atoms with E-state index in [2.05, 4.69) is 15.3 Å². The van der Waals surface area contributed by atoms with Gasteiger partial charge in [0.05, 0.1) is 11.9 Å². The fourth-order valence-corrected chi connectivity index (χ4v) is 2.66. The first-order valence-corrected chi connectivity index (χ1v) is 8.82. The minimum Gasteiger partial charge on any atom is -0.396 e. The second-order valence-corrected chi connectivity index (χ2v) is 5.99. The molecule has 0 aliphatic heterocycles. The average Bonchev–Trinajstić information content (AvgIpc) is 3.06. The molecule has 2 aromatic rings. The molecule has 0 amide bonds. The summed E-state index contributed by atoms with van der Waals surface area (Å²) in [4.78, 5) is 4.29. The van der Waals surface area contributed by atoms with E-state index >= 15 is 0 Å². The van der Waals surface area contributed by atoms with Crippen LogP contribution in [0.5, 0.6) is 0 Å². The van der Waals surface area contributed by atoms with E-state index in [1.807, 2.05) is 29.1 Å². The molecule has 5 heteroatoms. The fourth-order valence-electron chi connectivity index (χ4n) is 2.66. The van der Waals surface area contributed by atoms with E-state index in [9.17, 15) is 0 Å². The fraction of sp³-hybridized carbons (Fsp3) is 0.611. The SMILES string of the molecule is OCCCCCCCCCCCn1cc(-c2ccccn2)nn1. The molecule has 2 heterocycles. The Morgan fingerprint density at radius 1 is 0.826 bits per heavy atom. The highest BCUT2D eigenvalue weighted by Gasteiger charge is 2.04. The maximum absolute atomic E-state index is 8.71. The van der Waals surface area contributed by atoms with Gasteiger partial charge in [-0.15, -0.1) is 5.10 Å². The van der Waals surface area contributed by atoms with Crippen LogP contribution in [0.3, 0.4) is 0 Å². The molecule has 0 bridgehead atoms. The van der Waals surface area contributed by atoms with Crippen LogP contribution in [-0.4, -0.2) is 31.7 Å². The Morgan fingerprint density at radius 2 is 1.52 bits per heavy atom. The Balaban J connectivity index is 1.53. The maximum Gasteiger partial charge on any atom is 0.131 e. The van der Waals surface area contributed by atoms with Gasteiger partial charge in [0.1, 0.15) is 5.69 Å². The van der Waals surface area contributed by atoms with E-state index in [0.717, 1.165) is 30.8 Å². The molecule has 0 radical (unpaired) electrons. The number of aliphatic hydroxyl groups excluding tert-OH is 1. The zero-order chi connectivity index (χ0) is 16.2. The first-order valence-electron chi connectivity index (χ1n) is 8.82. The van der Waals surface area contributed by atoms with E-state index < -0.39 is 0 Å². The Morgan fingerprint density at radius 3 is 2.17 bits per heavy atom. The normalized spacial score (nSPS) is 11.0. The van der Waals surface area contributed by atoms with Crippen LogP contribution in [-0.2, 0) is 6.54 Å². The number of hydrogen-bond donors (Lipinski definition) is 1. The summed E-state index contributed by atoms with van der Waals surface area (Å²) in [5.74, 6) is 0. The highest BCUT2D eigenvalue weighted by molar-refractivity contribution is 5.51. The number of unbranched alkanes of at least 4 members (excludes halogenated alkanes) is 8. The Bertz CT molecular complexity index is 527. The molecule has 0 unspecified atom stereocenters. The lowest BCUT2D eigenvalue weighted by Crippen LogP contribution is -1.98. The highest BCUT2D eigenvalue weighted by atomic mass is 16.2. The molecular weight excluding hydrogens is 288 g/mol. The average molecular weight is 316 g/mol. The van der Waals surface area contributed by atoms with Crippen LogP contribution < -0.4 is 0 Å². The van der Waals surface area contributed by atoms with Gasteiger partial charge in [-0.25, -0.2) is 0 Å². The molecule has 2 aromatic heterocycles. The van der Waals surface area contributed by atoms with E-state index in [1.54, 1.807) is 6.20 Å². The van der Waals surface area contributed by atoms with Gasteiger partial charge in [-0.1, -0.05) is 56.2 Å². The molecule has 0 aromatic carbocycles. The van der Waals surface area contributed by atoms with Gasteiger partial charge >= 0.3 is 0 Å². The third-order valence-corrected chi connectivity index (χ3v) is 4.01. The maximum atomic E-state index is 8.71. The molecule has 23 heavy (non-hydrogen) atoms. The molecule has 0 saturated carbocycles. The molecule has 126 valence electrons. The first-order chi connectivity index (χ1) is 11.4. The lowest BCUT2D eigenvalue weighted by Gasteiger charge is -2.02. The van der Waals surface area contributed by atoms with E-state index in [4.69, 9.17) is 5.11 Å². The summed E-state index contributed by atoms with van der Waals surface area (Å²) in [7, 11) is 0. The van der Waals surface area contributed by atoms with E-state index in [-0.39, 0.29) is 0 Å². The van der Waals surface area contributed by atoms with Gasteiger partial charge < -0.3 is 5.11 Å². The molecular formula is C18H28N4O. The second kappa shape index (κ2) is 10.9. The minimum atomic E-state index is 0.338. The zero-order valence-corrected chi connectivity index (χ0v) is 13.9. The number of hydrogen-bond acceptors (Lipinski definition) is 4. The highest BCUT2D eigenvalue weighted by Crippen LogP contribution is 2.13. The summed E-state index contributed by atoms with van der Waals surface area (Å²) in [6.45, 7) is 1.26.